The van der Waals surface area contributed by atoms with E-state index >= 15 is 0 Å². The number of fused-ring (bicyclic) bond motifs is 1. The van der Waals surface area contributed by atoms with E-state index in [9.17, 15) is 19.7 Å². The van der Waals surface area contributed by atoms with Crippen LogP contribution in [-0.4, -0.2) is 55.1 Å². The monoisotopic (exact) mass is 498 g/mol. The standard InChI is InChI=1S/C23H22N4O5S2/c1-23(2)21(34-22(33)24(23)3)26-17(13-8-7-11-15(12-13)27(30)31)16-18(32-26)20(29)25(19(16)28)14-9-5-4-6-10-14/h4-12,16-18,21H,1-3H3/t16-,17-,18-,21-/m0/s1. The Bertz CT molecular complexity index is 1210. The molecular formula is C23H22N4O5S2. The average molecular weight is 499 g/mol. The number of nitrogens with zero attached hydrogens (tertiary/aromatic N) is 4. The van der Waals surface area contributed by atoms with E-state index in [1.165, 1.54) is 23.9 Å². The largest absolute Gasteiger partial charge is 0.353 e. The van der Waals surface area contributed by atoms with Crippen LogP contribution in [0.1, 0.15) is 25.5 Å². The number of amides is 2. The summed E-state index contributed by atoms with van der Waals surface area (Å²) in [5.74, 6) is -1.70. The zero-order chi connectivity index (χ0) is 24.4. The van der Waals surface area contributed by atoms with Crippen LogP contribution in [0.5, 0.6) is 0 Å². The molecule has 4 atom stereocenters. The van der Waals surface area contributed by atoms with Crippen molar-refractivity contribution >= 4 is 51.5 Å². The van der Waals surface area contributed by atoms with Gasteiger partial charge in [-0.2, -0.15) is 5.06 Å². The highest BCUT2D eigenvalue weighted by molar-refractivity contribution is 8.23. The second-order valence-electron chi connectivity index (χ2n) is 9.00. The Kier molecular flexibility index (Phi) is 5.47. The first-order valence-corrected chi connectivity index (χ1v) is 12.0. The van der Waals surface area contributed by atoms with Gasteiger partial charge in [-0.15, -0.1) is 0 Å². The summed E-state index contributed by atoms with van der Waals surface area (Å²) in [5, 5.41) is 12.8. The van der Waals surface area contributed by atoms with Crippen molar-refractivity contribution in [1.82, 2.24) is 9.96 Å². The summed E-state index contributed by atoms with van der Waals surface area (Å²) in [4.78, 5) is 47.4. The fraction of sp³-hybridized carbons (Fsp3) is 0.348. The summed E-state index contributed by atoms with van der Waals surface area (Å²) >= 11 is 6.93. The number of nitro groups is 1. The Balaban J connectivity index is 1.61. The number of hydroxylamine groups is 2. The highest BCUT2D eigenvalue weighted by atomic mass is 32.2. The minimum Gasteiger partial charge on any atom is -0.353 e. The van der Waals surface area contributed by atoms with Crippen molar-refractivity contribution in [1.29, 1.82) is 0 Å². The van der Waals surface area contributed by atoms with E-state index < -0.39 is 40.3 Å². The second-order valence-corrected chi connectivity index (χ2v) is 10.7. The molecule has 5 rings (SSSR count). The third-order valence-corrected chi connectivity index (χ3v) is 8.81. The van der Waals surface area contributed by atoms with Crippen LogP contribution in [0.2, 0.25) is 0 Å². The zero-order valence-corrected chi connectivity index (χ0v) is 20.3. The first kappa shape index (κ1) is 22.9. The molecule has 0 aromatic heterocycles. The topological polar surface area (TPSA) is 96.2 Å². The minimum absolute atomic E-state index is 0.0939. The maximum absolute atomic E-state index is 13.7. The smallest absolute Gasteiger partial charge is 0.269 e. The Morgan fingerprint density at radius 3 is 2.41 bits per heavy atom. The molecule has 0 N–H and O–H groups in total. The molecule has 176 valence electrons. The van der Waals surface area contributed by atoms with E-state index in [2.05, 4.69) is 0 Å². The predicted octanol–water partition coefficient (Wildman–Crippen LogP) is 3.51. The number of thiocarbonyl (C=S) groups is 1. The van der Waals surface area contributed by atoms with E-state index in [4.69, 9.17) is 17.1 Å². The van der Waals surface area contributed by atoms with E-state index in [-0.39, 0.29) is 11.1 Å². The van der Waals surface area contributed by atoms with E-state index in [0.29, 0.717) is 15.6 Å². The highest BCUT2D eigenvalue weighted by Crippen LogP contribution is 2.52. The van der Waals surface area contributed by atoms with Gasteiger partial charge in [0.15, 0.2) is 6.10 Å². The molecule has 3 saturated heterocycles. The van der Waals surface area contributed by atoms with Crippen molar-refractivity contribution in [2.24, 2.45) is 5.92 Å². The number of nitro benzene ring substituents is 1. The quantitative estimate of drug-likeness (QED) is 0.272. The van der Waals surface area contributed by atoms with E-state index in [1.54, 1.807) is 47.5 Å². The number of carbonyl (C=O) groups excluding carboxylic acids is 2. The Morgan fingerprint density at radius 2 is 1.79 bits per heavy atom. The van der Waals surface area contributed by atoms with Crippen LogP contribution < -0.4 is 4.90 Å². The SMILES string of the molecule is CN1C(=S)S[C@H](N2O[C@@H]3C(=O)N(c4ccccc4)C(=O)[C@H]3[C@@H]2c2cccc([N+](=O)[O-])c2)C1(C)C. The summed E-state index contributed by atoms with van der Waals surface area (Å²) in [6.07, 6.45) is -1.03. The highest BCUT2D eigenvalue weighted by Gasteiger charge is 2.63. The number of hydrogen-bond acceptors (Lipinski definition) is 8. The maximum Gasteiger partial charge on any atom is 0.269 e. The molecular weight excluding hydrogens is 476 g/mol. The van der Waals surface area contributed by atoms with Crippen LogP contribution in [0.4, 0.5) is 11.4 Å². The predicted molar refractivity (Wildman–Crippen MR) is 131 cm³/mol. The molecule has 9 nitrogen and oxygen atoms in total. The van der Waals surface area contributed by atoms with Gasteiger partial charge in [0, 0.05) is 19.2 Å². The molecule has 3 aliphatic heterocycles. The van der Waals surface area contributed by atoms with E-state index in [0.717, 1.165) is 4.90 Å². The number of hydrogen-bond donors (Lipinski definition) is 0. The number of thioether (sulfide) groups is 1. The second kappa shape index (κ2) is 8.12. The summed E-state index contributed by atoms with van der Waals surface area (Å²) < 4.78 is 0.664. The number of imide groups is 1. The molecule has 0 bridgehead atoms. The molecule has 2 amide bonds. The van der Waals surface area contributed by atoms with Gasteiger partial charge < -0.3 is 4.90 Å². The fourth-order valence-corrected chi connectivity index (χ4v) is 6.55. The Morgan fingerprint density at radius 1 is 1.09 bits per heavy atom. The number of likely N-dealkylation sites (N-methyl/N-ethyl adjacent to an activating group) is 1. The average Bonchev–Trinajstić information content (AvgIpc) is 3.39. The number of para-hydroxylation sites is 1. The van der Waals surface area contributed by atoms with Crippen LogP contribution >= 0.6 is 24.0 Å². The third-order valence-electron chi connectivity index (χ3n) is 6.77. The number of carbonyl (C=O) groups is 2. The molecule has 2 aromatic carbocycles. The Labute approximate surface area is 205 Å². The van der Waals surface area contributed by atoms with Crippen LogP contribution in [0, 0.1) is 16.0 Å². The van der Waals surface area contributed by atoms with Crippen molar-refractivity contribution in [2.75, 3.05) is 11.9 Å². The fourth-order valence-electron chi connectivity index (χ4n) is 4.73. The van der Waals surface area contributed by atoms with Gasteiger partial charge in [-0.3, -0.25) is 24.5 Å². The first-order chi connectivity index (χ1) is 16.1. The number of benzene rings is 2. The van der Waals surface area contributed by atoms with Crippen LogP contribution in [0.3, 0.4) is 0 Å². The van der Waals surface area contributed by atoms with Gasteiger partial charge in [0.05, 0.1) is 28.1 Å². The first-order valence-electron chi connectivity index (χ1n) is 10.7. The molecule has 0 unspecified atom stereocenters. The van der Waals surface area contributed by atoms with E-state index in [1.807, 2.05) is 25.8 Å². The van der Waals surface area contributed by atoms with Crippen LogP contribution in [-0.2, 0) is 14.4 Å². The molecule has 0 aliphatic carbocycles. The molecule has 0 spiro atoms. The lowest BCUT2D eigenvalue weighted by molar-refractivity contribution is -0.385. The normalized spacial score (nSPS) is 28.6. The van der Waals surface area contributed by atoms with Crippen molar-refractivity contribution in [2.45, 2.75) is 36.9 Å². The van der Waals surface area contributed by atoms with Gasteiger partial charge in [0.1, 0.15) is 9.69 Å². The van der Waals surface area contributed by atoms with Crippen molar-refractivity contribution in [3.8, 4) is 0 Å². The van der Waals surface area contributed by atoms with Crippen LogP contribution in [0.15, 0.2) is 54.6 Å². The lowest BCUT2D eigenvalue weighted by Crippen LogP contribution is -2.51. The summed E-state index contributed by atoms with van der Waals surface area (Å²) in [7, 11) is 1.89. The van der Waals surface area contributed by atoms with Gasteiger partial charge in [0.25, 0.3) is 11.6 Å². The van der Waals surface area contributed by atoms with Gasteiger partial charge in [-0.1, -0.05) is 54.3 Å². The molecule has 3 fully saturated rings. The lowest BCUT2D eigenvalue weighted by Gasteiger charge is -2.39. The lowest BCUT2D eigenvalue weighted by atomic mass is 9.89. The van der Waals surface area contributed by atoms with Gasteiger partial charge in [-0.25, -0.2) is 4.90 Å². The molecule has 34 heavy (non-hydrogen) atoms. The molecule has 2 aromatic rings. The Hall–Kier alpha value is -2.86. The number of anilines is 1. The van der Waals surface area contributed by atoms with Crippen LogP contribution in [0.25, 0.3) is 0 Å². The summed E-state index contributed by atoms with van der Waals surface area (Å²) in [6.45, 7) is 4.01. The molecule has 3 aliphatic rings. The van der Waals surface area contributed by atoms with Gasteiger partial charge >= 0.3 is 0 Å². The maximum atomic E-state index is 13.7. The van der Waals surface area contributed by atoms with Crippen molar-refractivity contribution in [3.05, 3.63) is 70.3 Å². The minimum atomic E-state index is -1.03. The van der Waals surface area contributed by atoms with Crippen molar-refractivity contribution in [3.63, 3.8) is 0 Å². The number of non-ortho nitro benzene ring substituents is 1. The summed E-state index contributed by atoms with van der Waals surface area (Å²) in [6, 6.07) is 14.2. The molecule has 0 saturated carbocycles. The summed E-state index contributed by atoms with van der Waals surface area (Å²) in [5.41, 5.74) is 0.430. The molecule has 11 heteroatoms. The van der Waals surface area contributed by atoms with Crippen molar-refractivity contribution < 1.29 is 19.3 Å². The molecule has 3 heterocycles. The van der Waals surface area contributed by atoms with Gasteiger partial charge in [-0.05, 0) is 31.5 Å². The van der Waals surface area contributed by atoms with Gasteiger partial charge in [0.2, 0.25) is 5.91 Å². The molecule has 0 radical (unpaired) electrons. The third kappa shape index (κ3) is 3.34. The number of rotatable bonds is 4. The zero-order valence-electron chi connectivity index (χ0n) is 18.7.